The molecular weight excluding hydrogens is 248 g/mol. The summed E-state index contributed by atoms with van der Waals surface area (Å²) >= 11 is 1.53. The second-order valence-electron chi connectivity index (χ2n) is 4.41. The summed E-state index contributed by atoms with van der Waals surface area (Å²) in [6.07, 6.45) is 3.49. The first-order chi connectivity index (χ1) is 8.81. The Bertz CT molecular complexity index is 588. The third-order valence-electron chi connectivity index (χ3n) is 2.81. The van der Waals surface area contributed by atoms with Crippen LogP contribution in [0, 0.1) is 0 Å². The van der Waals surface area contributed by atoms with E-state index in [9.17, 15) is 4.79 Å². The zero-order chi connectivity index (χ0) is 12.4. The second-order valence-corrected chi connectivity index (χ2v) is 5.47. The highest BCUT2D eigenvalue weighted by atomic mass is 32.1. The summed E-state index contributed by atoms with van der Waals surface area (Å²) in [5.74, 6) is 0. The first kappa shape index (κ1) is 11.6. The zero-order valence-electron chi connectivity index (χ0n) is 9.85. The molecule has 0 amide bonds. The third-order valence-corrected chi connectivity index (χ3v) is 3.83. The van der Waals surface area contributed by atoms with E-state index in [1.54, 1.807) is 6.07 Å². The predicted octanol–water partition coefficient (Wildman–Crippen LogP) is 1.19. The van der Waals surface area contributed by atoms with Crippen LogP contribution >= 0.6 is 11.3 Å². The fourth-order valence-corrected chi connectivity index (χ4v) is 2.53. The number of H-pyrrole nitrogens is 1. The second kappa shape index (κ2) is 4.99. The van der Waals surface area contributed by atoms with Gasteiger partial charge in [-0.1, -0.05) is 17.4 Å². The fourth-order valence-electron chi connectivity index (χ4n) is 1.71. The lowest BCUT2D eigenvalue weighted by Gasteiger charge is -1.97. The van der Waals surface area contributed by atoms with Gasteiger partial charge in [0.05, 0.1) is 5.69 Å². The molecule has 0 spiro atoms. The number of aromatic nitrogens is 3. The molecule has 6 heteroatoms. The first-order valence-corrected chi connectivity index (χ1v) is 6.88. The Labute approximate surface area is 108 Å². The molecule has 2 N–H and O–H groups in total. The molecule has 2 heterocycles. The molecule has 94 valence electrons. The van der Waals surface area contributed by atoms with Crippen molar-refractivity contribution in [2.24, 2.45) is 0 Å². The maximum absolute atomic E-state index is 11.2. The van der Waals surface area contributed by atoms with Crippen molar-refractivity contribution in [3.05, 3.63) is 33.6 Å². The summed E-state index contributed by atoms with van der Waals surface area (Å²) in [5.41, 5.74) is 0.626. The van der Waals surface area contributed by atoms with Gasteiger partial charge in [0.1, 0.15) is 5.01 Å². The van der Waals surface area contributed by atoms with E-state index in [2.05, 4.69) is 20.5 Å². The first-order valence-electron chi connectivity index (χ1n) is 6.07. The Hall–Kier alpha value is -1.53. The molecular formula is C12H14N4OS. The van der Waals surface area contributed by atoms with Crippen molar-refractivity contribution >= 4 is 11.3 Å². The molecule has 0 aliphatic heterocycles. The summed E-state index contributed by atoms with van der Waals surface area (Å²) in [4.78, 5) is 14.0. The lowest BCUT2D eigenvalue weighted by molar-refractivity contribution is 0.677. The van der Waals surface area contributed by atoms with Crippen molar-refractivity contribution in [3.63, 3.8) is 0 Å². The summed E-state index contributed by atoms with van der Waals surface area (Å²) < 4.78 is 0. The van der Waals surface area contributed by atoms with Gasteiger partial charge in [0.25, 0.3) is 0 Å². The van der Waals surface area contributed by atoms with Crippen molar-refractivity contribution in [3.8, 4) is 10.7 Å². The van der Waals surface area contributed by atoms with Crippen LogP contribution in [0.4, 0.5) is 0 Å². The minimum Gasteiger partial charge on any atom is -0.320 e. The van der Waals surface area contributed by atoms with Crippen molar-refractivity contribution in [1.82, 2.24) is 20.5 Å². The molecule has 1 aliphatic carbocycles. The Morgan fingerprint density at radius 3 is 3.06 bits per heavy atom. The van der Waals surface area contributed by atoms with E-state index in [-0.39, 0.29) is 5.56 Å². The Morgan fingerprint density at radius 1 is 1.39 bits per heavy atom. The van der Waals surface area contributed by atoms with Gasteiger partial charge in [0, 0.05) is 25.1 Å². The van der Waals surface area contributed by atoms with Crippen LogP contribution in [0.25, 0.3) is 10.7 Å². The standard InChI is InChI=1S/C12H14N4OS/c17-10-3-1-2-9(14-10)12-16-15-11(18-12)6-7-13-8-4-5-8/h1-3,8,13H,4-7H2,(H,14,17). The number of nitrogens with zero attached hydrogens (tertiary/aromatic N) is 2. The average molecular weight is 262 g/mol. The lowest BCUT2D eigenvalue weighted by atomic mass is 10.4. The summed E-state index contributed by atoms with van der Waals surface area (Å²) in [7, 11) is 0. The van der Waals surface area contributed by atoms with Gasteiger partial charge >= 0.3 is 0 Å². The minimum absolute atomic E-state index is 0.111. The van der Waals surface area contributed by atoms with Gasteiger partial charge in [-0.15, -0.1) is 10.2 Å². The lowest BCUT2D eigenvalue weighted by Crippen LogP contribution is -2.19. The highest BCUT2D eigenvalue weighted by Gasteiger charge is 2.19. The van der Waals surface area contributed by atoms with E-state index in [1.165, 1.54) is 30.2 Å². The number of aromatic amines is 1. The topological polar surface area (TPSA) is 70.7 Å². The number of rotatable bonds is 5. The quantitative estimate of drug-likeness (QED) is 0.849. The molecule has 0 unspecified atom stereocenters. The molecule has 0 saturated heterocycles. The van der Waals surface area contributed by atoms with E-state index >= 15 is 0 Å². The van der Waals surface area contributed by atoms with Gasteiger partial charge in [-0.3, -0.25) is 4.79 Å². The molecule has 2 aromatic rings. The van der Waals surface area contributed by atoms with Crippen LogP contribution < -0.4 is 10.9 Å². The Balaban J connectivity index is 1.66. The minimum atomic E-state index is -0.111. The van der Waals surface area contributed by atoms with Gasteiger partial charge in [-0.2, -0.15) is 0 Å². The van der Waals surface area contributed by atoms with Crippen LogP contribution in [0.2, 0.25) is 0 Å². The summed E-state index contributed by atoms with van der Waals surface area (Å²) in [6, 6.07) is 5.78. The molecule has 2 aromatic heterocycles. The van der Waals surface area contributed by atoms with Crippen LogP contribution in [-0.4, -0.2) is 27.8 Å². The van der Waals surface area contributed by atoms with Crippen LogP contribution in [0.1, 0.15) is 17.8 Å². The maximum Gasteiger partial charge on any atom is 0.248 e. The predicted molar refractivity (Wildman–Crippen MR) is 70.7 cm³/mol. The van der Waals surface area contributed by atoms with Crippen molar-refractivity contribution in [2.45, 2.75) is 25.3 Å². The monoisotopic (exact) mass is 262 g/mol. The van der Waals surface area contributed by atoms with Crippen molar-refractivity contribution in [2.75, 3.05) is 6.54 Å². The largest absolute Gasteiger partial charge is 0.320 e. The smallest absolute Gasteiger partial charge is 0.248 e. The van der Waals surface area contributed by atoms with Gasteiger partial charge < -0.3 is 10.3 Å². The molecule has 1 aliphatic rings. The molecule has 0 atom stereocenters. The Kier molecular flexibility index (Phi) is 3.21. The number of hydrogen-bond acceptors (Lipinski definition) is 5. The summed E-state index contributed by atoms with van der Waals surface area (Å²) in [6.45, 7) is 0.949. The van der Waals surface area contributed by atoms with E-state index in [0.29, 0.717) is 0 Å². The molecule has 0 bridgehead atoms. The van der Waals surface area contributed by atoms with Crippen LogP contribution in [0.5, 0.6) is 0 Å². The number of hydrogen-bond donors (Lipinski definition) is 2. The normalized spacial score (nSPS) is 14.9. The molecule has 5 nitrogen and oxygen atoms in total. The molecule has 1 saturated carbocycles. The van der Waals surface area contributed by atoms with E-state index in [0.717, 1.165) is 34.7 Å². The fraction of sp³-hybridized carbons (Fsp3) is 0.417. The SMILES string of the molecule is O=c1cccc(-c2nnc(CCNC3CC3)s2)[nH]1. The van der Waals surface area contributed by atoms with E-state index < -0.39 is 0 Å². The van der Waals surface area contributed by atoms with E-state index in [4.69, 9.17) is 0 Å². The van der Waals surface area contributed by atoms with Crippen molar-refractivity contribution < 1.29 is 0 Å². The number of nitrogens with one attached hydrogen (secondary N) is 2. The van der Waals surface area contributed by atoms with Crippen molar-refractivity contribution in [1.29, 1.82) is 0 Å². The summed E-state index contributed by atoms with van der Waals surface area (Å²) in [5, 5.41) is 13.5. The van der Waals surface area contributed by atoms with Crippen LogP contribution in [0.3, 0.4) is 0 Å². The zero-order valence-corrected chi connectivity index (χ0v) is 10.7. The van der Waals surface area contributed by atoms with Gasteiger partial charge in [-0.05, 0) is 18.9 Å². The van der Waals surface area contributed by atoms with E-state index in [1.807, 2.05) is 6.07 Å². The molecule has 3 rings (SSSR count). The van der Waals surface area contributed by atoms with Crippen LogP contribution in [0.15, 0.2) is 23.0 Å². The van der Waals surface area contributed by atoms with Gasteiger partial charge in [0.2, 0.25) is 5.56 Å². The maximum atomic E-state index is 11.2. The van der Waals surface area contributed by atoms with Gasteiger partial charge in [0.15, 0.2) is 5.01 Å². The molecule has 0 aromatic carbocycles. The average Bonchev–Trinajstić information content (AvgIpc) is 3.06. The molecule has 18 heavy (non-hydrogen) atoms. The highest BCUT2D eigenvalue weighted by Crippen LogP contribution is 2.21. The van der Waals surface area contributed by atoms with Crippen LogP contribution in [-0.2, 0) is 6.42 Å². The van der Waals surface area contributed by atoms with Gasteiger partial charge in [-0.25, -0.2) is 0 Å². The highest BCUT2D eigenvalue weighted by molar-refractivity contribution is 7.14. The third kappa shape index (κ3) is 2.83. The number of pyridine rings is 1. The Morgan fingerprint density at radius 2 is 2.28 bits per heavy atom. The molecule has 1 fully saturated rings. The molecule has 0 radical (unpaired) electrons.